The average molecular weight is 181 g/mol. The SMILES string of the molecule is NC(=O)CNCCS(N)(=O)=O. The summed E-state index contributed by atoms with van der Waals surface area (Å²) in [5, 5.41) is 7.18. The molecular weight excluding hydrogens is 170 g/mol. The van der Waals surface area contributed by atoms with E-state index >= 15 is 0 Å². The van der Waals surface area contributed by atoms with Crippen LogP contribution in [0.5, 0.6) is 0 Å². The zero-order chi connectivity index (χ0) is 8.91. The Kier molecular flexibility index (Phi) is 4.01. The molecule has 1 amide bonds. The molecule has 0 bridgehead atoms. The fraction of sp³-hybridized carbons (Fsp3) is 0.750. The first-order chi connectivity index (χ1) is 4.92. The van der Waals surface area contributed by atoms with Crippen LogP contribution in [0.4, 0.5) is 0 Å². The summed E-state index contributed by atoms with van der Waals surface area (Å²) in [6, 6.07) is 0. The minimum Gasteiger partial charge on any atom is -0.369 e. The summed E-state index contributed by atoms with van der Waals surface area (Å²) in [5.41, 5.74) is 4.76. The van der Waals surface area contributed by atoms with Gasteiger partial charge in [-0.2, -0.15) is 0 Å². The Labute approximate surface area is 65.0 Å². The van der Waals surface area contributed by atoms with Crippen molar-refractivity contribution < 1.29 is 13.2 Å². The predicted octanol–water partition coefficient (Wildman–Crippen LogP) is -2.65. The second kappa shape index (κ2) is 4.27. The Morgan fingerprint density at radius 3 is 2.36 bits per heavy atom. The smallest absolute Gasteiger partial charge is 0.231 e. The third kappa shape index (κ3) is 9.34. The quantitative estimate of drug-likeness (QED) is 0.402. The summed E-state index contributed by atoms with van der Waals surface area (Å²) >= 11 is 0. The van der Waals surface area contributed by atoms with Crippen LogP contribution in [0.3, 0.4) is 0 Å². The molecule has 0 aliphatic heterocycles. The Balaban J connectivity index is 3.37. The lowest BCUT2D eigenvalue weighted by Crippen LogP contribution is -2.33. The van der Waals surface area contributed by atoms with Gasteiger partial charge in [-0.3, -0.25) is 4.79 Å². The van der Waals surface area contributed by atoms with E-state index in [0.717, 1.165) is 0 Å². The van der Waals surface area contributed by atoms with E-state index in [1.54, 1.807) is 0 Å². The van der Waals surface area contributed by atoms with Gasteiger partial charge in [0, 0.05) is 6.54 Å². The Bertz CT molecular complexity index is 223. The molecule has 7 heteroatoms. The van der Waals surface area contributed by atoms with Gasteiger partial charge in [0.15, 0.2) is 0 Å². The minimum atomic E-state index is -3.44. The van der Waals surface area contributed by atoms with Gasteiger partial charge in [0.2, 0.25) is 15.9 Å². The number of carbonyl (C=O) groups excluding carboxylic acids is 1. The van der Waals surface area contributed by atoms with Crippen LogP contribution in [0.2, 0.25) is 0 Å². The fourth-order valence-electron chi connectivity index (χ4n) is 0.426. The van der Waals surface area contributed by atoms with E-state index in [2.05, 4.69) is 10.5 Å². The van der Waals surface area contributed by atoms with Crippen LogP contribution in [-0.4, -0.2) is 33.2 Å². The van der Waals surface area contributed by atoms with Gasteiger partial charge in [-0.05, 0) is 0 Å². The summed E-state index contributed by atoms with van der Waals surface area (Å²) in [7, 11) is -3.44. The molecule has 5 N–H and O–H groups in total. The molecule has 0 atom stereocenters. The zero-order valence-electron chi connectivity index (χ0n) is 5.91. The molecule has 0 aliphatic carbocycles. The van der Waals surface area contributed by atoms with Gasteiger partial charge in [-0.25, -0.2) is 13.6 Å². The van der Waals surface area contributed by atoms with Gasteiger partial charge in [0.25, 0.3) is 0 Å². The van der Waals surface area contributed by atoms with Crippen LogP contribution in [0.15, 0.2) is 0 Å². The van der Waals surface area contributed by atoms with Gasteiger partial charge in [0.05, 0.1) is 12.3 Å². The summed E-state index contributed by atoms with van der Waals surface area (Å²) in [5.74, 6) is -0.722. The predicted molar refractivity (Wildman–Crippen MR) is 40.0 cm³/mol. The van der Waals surface area contributed by atoms with Crippen LogP contribution in [0, 0.1) is 0 Å². The molecule has 0 saturated heterocycles. The number of primary sulfonamides is 1. The lowest BCUT2D eigenvalue weighted by molar-refractivity contribution is -0.117. The Morgan fingerprint density at radius 1 is 1.45 bits per heavy atom. The molecule has 0 aromatic heterocycles. The molecule has 66 valence electrons. The first-order valence-corrected chi connectivity index (χ1v) is 4.63. The van der Waals surface area contributed by atoms with E-state index in [-0.39, 0.29) is 18.8 Å². The van der Waals surface area contributed by atoms with Crippen molar-refractivity contribution in [1.29, 1.82) is 0 Å². The lowest BCUT2D eigenvalue weighted by Gasteiger charge is -1.98. The topological polar surface area (TPSA) is 115 Å². The molecule has 0 aromatic carbocycles. The molecule has 0 unspecified atom stereocenters. The van der Waals surface area contributed by atoms with Crippen molar-refractivity contribution in [2.45, 2.75) is 0 Å². The number of carbonyl (C=O) groups is 1. The largest absolute Gasteiger partial charge is 0.369 e. The molecule has 0 rings (SSSR count). The zero-order valence-corrected chi connectivity index (χ0v) is 6.73. The van der Waals surface area contributed by atoms with Gasteiger partial charge in [-0.15, -0.1) is 0 Å². The molecule has 6 nitrogen and oxygen atoms in total. The number of sulfonamides is 1. The Morgan fingerprint density at radius 2 is 2.00 bits per heavy atom. The third-order valence-electron chi connectivity index (χ3n) is 0.863. The number of rotatable bonds is 5. The molecular formula is C4H11N3O3S. The highest BCUT2D eigenvalue weighted by atomic mass is 32.2. The van der Waals surface area contributed by atoms with Crippen LogP contribution in [0.25, 0.3) is 0 Å². The molecule has 0 fully saturated rings. The van der Waals surface area contributed by atoms with E-state index in [0.29, 0.717) is 0 Å². The van der Waals surface area contributed by atoms with Crippen molar-refractivity contribution in [2.75, 3.05) is 18.8 Å². The number of nitrogens with two attached hydrogens (primary N) is 2. The van der Waals surface area contributed by atoms with Gasteiger partial charge in [0.1, 0.15) is 0 Å². The summed E-state index contributed by atoms with van der Waals surface area (Å²) < 4.78 is 20.6. The number of amides is 1. The molecule has 0 saturated carbocycles. The number of primary amides is 1. The first-order valence-electron chi connectivity index (χ1n) is 2.91. The van der Waals surface area contributed by atoms with E-state index in [1.165, 1.54) is 0 Å². The maximum Gasteiger partial charge on any atom is 0.231 e. The molecule has 11 heavy (non-hydrogen) atoms. The van der Waals surface area contributed by atoms with Crippen molar-refractivity contribution in [3.05, 3.63) is 0 Å². The minimum absolute atomic E-state index is 0.0322. The van der Waals surface area contributed by atoms with Crippen molar-refractivity contribution >= 4 is 15.9 Å². The molecule has 0 radical (unpaired) electrons. The second-order valence-corrected chi connectivity index (χ2v) is 3.74. The average Bonchev–Trinajstić information content (AvgIpc) is 1.78. The highest BCUT2D eigenvalue weighted by molar-refractivity contribution is 7.89. The molecule has 0 spiro atoms. The van der Waals surface area contributed by atoms with Crippen LogP contribution in [-0.2, 0) is 14.8 Å². The van der Waals surface area contributed by atoms with E-state index in [9.17, 15) is 13.2 Å². The van der Waals surface area contributed by atoms with Crippen molar-refractivity contribution in [3.8, 4) is 0 Å². The van der Waals surface area contributed by atoms with Gasteiger partial charge >= 0.3 is 0 Å². The summed E-state index contributed by atoms with van der Waals surface area (Å²) in [6.07, 6.45) is 0. The van der Waals surface area contributed by atoms with E-state index < -0.39 is 15.9 Å². The third-order valence-corrected chi connectivity index (χ3v) is 1.64. The molecule has 0 heterocycles. The van der Waals surface area contributed by atoms with E-state index in [1.807, 2.05) is 0 Å². The van der Waals surface area contributed by atoms with E-state index in [4.69, 9.17) is 5.73 Å². The Hall–Kier alpha value is -0.660. The standard InChI is InChI=1S/C4H11N3O3S/c5-4(8)3-7-1-2-11(6,9)10/h7H,1-3H2,(H2,5,8)(H2,6,9,10). The second-order valence-electron chi connectivity index (χ2n) is 2.01. The number of nitrogens with one attached hydrogen (secondary N) is 1. The maximum atomic E-state index is 10.3. The molecule has 0 aromatic rings. The maximum absolute atomic E-state index is 10.3. The van der Waals surface area contributed by atoms with Gasteiger partial charge < -0.3 is 11.1 Å². The highest BCUT2D eigenvalue weighted by Crippen LogP contribution is 1.72. The lowest BCUT2D eigenvalue weighted by atomic mass is 10.6. The molecule has 0 aliphatic rings. The highest BCUT2D eigenvalue weighted by Gasteiger charge is 2.01. The van der Waals surface area contributed by atoms with Crippen molar-refractivity contribution in [1.82, 2.24) is 5.32 Å². The monoisotopic (exact) mass is 181 g/mol. The normalized spacial score (nSPS) is 11.4. The summed E-state index contributed by atoms with van der Waals surface area (Å²) in [6.45, 7) is 0.108. The number of hydrogen-bond acceptors (Lipinski definition) is 4. The van der Waals surface area contributed by atoms with Crippen LogP contribution >= 0.6 is 0 Å². The van der Waals surface area contributed by atoms with Crippen molar-refractivity contribution in [2.24, 2.45) is 10.9 Å². The number of hydrogen-bond donors (Lipinski definition) is 3. The summed E-state index contributed by atoms with van der Waals surface area (Å²) in [4.78, 5) is 10.1. The van der Waals surface area contributed by atoms with Crippen LogP contribution < -0.4 is 16.2 Å². The fourth-order valence-corrected chi connectivity index (χ4v) is 0.855. The first kappa shape index (κ1) is 10.3. The van der Waals surface area contributed by atoms with Crippen LogP contribution in [0.1, 0.15) is 0 Å². The van der Waals surface area contributed by atoms with Crippen molar-refractivity contribution in [3.63, 3.8) is 0 Å². The van der Waals surface area contributed by atoms with Gasteiger partial charge in [-0.1, -0.05) is 0 Å².